The molecule has 1 aliphatic rings. The summed E-state index contributed by atoms with van der Waals surface area (Å²) in [6.45, 7) is 2.81. The molecule has 1 aliphatic heterocycles. The molecule has 0 aliphatic carbocycles. The van der Waals surface area contributed by atoms with E-state index in [1.807, 2.05) is 0 Å². The molecule has 102 valence electrons. The van der Waals surface area contributed by atoms with Crippen LogP contribution in [0.1, 0.15) is 26.7 Å². The first-order valence-electron chi connectivity index (χ1n) is 5.65. The van der Waals surface area contributed by atoms with E-state index in [2.05, 4.69) is 5.32 Å². The molecule has 1 fully saturated rings. The van der Waals surface area contributed by atoms with Gasteiger partial charge in [0.15, 0.2) is 0 Å². The molecule has 0 saturated carbocycles. The van der Waals surface area contributed by atoms with E-state index in [0.29, 0.717) is 12.8 Å². The molecule has 1 amide bonds. The van der Waals surface area contributed by atoms with Crippen molar-refractivity contribution >= 4 is 21.7 Å². The highest BCUT2D eigenvalue weighted by Crippen LogP contribution is 2.13. The lowest BCUT2D eigenvalue weighted by Gasteiger charge is -2.23. The predicted octanol–water partition coefficient (Wildman–Crippen LogP) is 0.101. The predicted molar refractivity (Wildman–Crippen MR) is 65.8 cm³/mol. The van der Waals surface area contributed by atoms with Crippen LogP contribution < -0.4 is 5.32 Å². The Balaban J connectivity index is 2.62. The number of aliphatic carboxylic acids is 1. The molecule has 1 heterocycles. The third-order valence-electron chi connectivity index (χ3n) is 3.11. The zero-order chi connectivity index (χ0) is 13.9. The first kappa shape index (κ1) is 14.7. The van der Waals surface area contributed by atoms with E-state index in [4.69, 9.17) is 5.11 Å². The molecule has 18 heavy (non-hydrogen) atoms. The maximum absolute atomic E-state index is 11.7. The summed E-state index contributed by atoms with van der Waals surface area (Å²) in [4.78, 5) is 22.4. The van der Waals surface area contributed by atoms with Gasteiger partial charge < -0.3 is 10.4 Å². The van der Waals surface area contributed by atoms with Crippen LogP contribution in [0.5, 0.6) is 0 Å². The molecule has 0 radical (unpaired) electrons. The average Bonchev–Trinajstić information content (AvgIpc) is 2.29. The standard InChI is InChI=1S/C11H17NO5S/c1-7(8(2)11(14)15)10(13)12-9-3-5-18(16,17)6-4-9/h9H,3-6H2,1-2H3,(H,12,13)(H,14,15). The zero-order valence-corrected chi connectivity index (χ0v) is 11.2. The van der Waals surface area contributed by atoms with Crippen molar-refractivity contribution < 1.29 is 23.1 Å². The van der Waals surface area contributed by atoms with Crippen LogP contribution in [0, 0.1) is 0 Å². The van der Waals surface area contributed by atoms with E-state index >= 15 is 0 Å². The number of carbonyl (C=O) groups is 2. The molecule has 2 N–H and O–H groups in total. The lowest BCUT2D eigenvalue weighted by atomic mass is 10.1. The summed E-state index contributed by atoms with van der Waals surface area (Å²) >= 11 is 0. The van der Waals surface area contributed by atoms with Crippen LogP contribution in [-0.2, 0) is 19.4 Å². The molecule has 6 nitrogen and oxygen atoms in total. The summed E-state index contributed by atoms with van der Waals surface area (Å²) < 4.78 is 22.4. The van der Waals surface area contributed by atoms with E-state index in [1.54, 1.807) is 0 Å². The Morgan fingerprint density at radius 3 is 2.06 bits per heavy atom. The van der Waals surface area contributed by atoms with Gasteiger partial charge in [-0.1, -0.05) is 0 Å². The molecular formula is C11H17NO5S. The Labute approximate surface area is 106 Å². The third-order valence-corrected chi connectivity index (χ3v) is 4.83. The van der Waals surface area contributed by atoms with Crippen LogP contribution >= 0.6 is 0 Å². The molecule has 0 spiro atoms. The highest BCUT2D eigenvalue weighted by Gasteiger charge is 2.25. The van der Waals surface area contributed by atoms with E-state index in [-0.39, 0.29) is 28.7 Å². The van der Waals surface area contributed by atoms with Gasteiger partial charge in [-0.05, 0) is 26.7 Å². The molecule has 1 saturated heterocycles. The largest absolute Gasteiger partial charge is 0.478 e. The zero-order valence-electron chi connectivity index (χ0n) is 10.4. The van der Waals surface area contributed by atoms with Crippen molar-refractivity contribution in [1.82, 2.24) is 5.32 Å². The maximum atomic E-state index is 11.7. The Bertz CT molecular complexity index is 478. The number of carboxylic acid groups (broad SMARTS) is 1. The van der Waals surface area contributed by atoms with E-state index in [1.165, 1.54) is 13.8 Å². The first-order valence-corrected chi connectivity index (χ1v) is 7.47. The van der Waals surface area contributed by atoms with Gasteiger partial charge in [0.2, 0.25) is 5.91 Å². The summed E-state index contributed by atoms with van der Waals surface area (Å²) in [6, 6.07) is -0.197. The van der Waals surface area contributed by atoms with Gasteiger partial charge in [0.05, 0.1) is 11.5 Å². The Morgan fingerprint density at radius 1 is 1.11 bits per heavy atom. The van der Waals surface area contributed by atoms with Crippen molar-refractivity contribution in [3.05, 3.63) is 11.1 Å². The SMILES string of the molecule is CC(C(=O)O)=C(C)C(=O)NC1CCS(=O)(=O)CC1. The quantitative estimate of drug-likeness (QED) is 0.711. The van der Waals surface area contributed by atoms with Crippen molar-refractivity contribution in [2.24, 2.45) is 0 Å². The third kappa shape index (κ3) is 3.83. The second kappa shape index (κ2) is 5.51. The monoisotopic (exact) mass is 275 g/mol. The van der Waals surface area contributed by atoms with Crippen LogP contribution in [0.4, 0.5) is 0 Å². The summed E-state index contributed by atoms with van der Waals surface area (Å²) in [5.41, 5.74) is 0.145. The summed E-state index contributed by atoms with van der Waals surface area (Å²) in [7, 11) is -2.96. The number of hydrogen-bond donors (Lipinski definition) is 2. The molecule has 0 bridgehead atoms. The van der Waals surface area contributed by atoms with E-state index in [9.17, 15) is 18.0 Å². The van der Waals surface area contributed by atoms with Crippen LogP contribution in [0.3, 0.4) is 0 Å². The Kier molecular flexibility index (Phi) is 4.50. The van der Waals surface area contributed by atoms with Crippen LogP contribution in [-0.4, -0.2) is 42.9 Å². The topological polar surface area (TPSA) is 101 Å². The highest BCUT2D eigenvalue weighted by molar-refractivity contribution is 7.91. The van der Waals surface area contributed by atoms with Crippen molar-refractivity contribution in [1.29, 1.82) is 0 Å². The van der Waals surface area contributed by atoms with Crippen LogP contribution in [0.2, 0.25) is 0 Å². The van der Waals surface area contributed by atoms with Crippen molar-refractivity contribution in [3.8, 4) is 0 Å². The molecule has 7 heteroatoms. The van der Waals surface area contributed by atoms with Crippen molar-refractivity contribution in [2.75, 3.05) is 11.5 Å². The minimum Gasteiger partial charge on any atom is -0.478 e. The second-order valence-corrected chi connectivity index (χ2v) is 6.76. The fourth-order valence-corrected chi connectivity index (χ4v) is 3.15. The lowest BCUT2D eigenvalue weighted by molar-refractivity contribution is -0.133. The fraction of sp³-hybridized carbons (Fsp3) is 0.636. The number of carboxylic acids is 1. The van der Waals surface area contributed by atoms with Crippen molar-refractivity contribution in [3.63, 3.8) is 0 Å². The number of carbonyl (C=O) groups excluding carboxylic acids is 1. The number of sulfone groups is 1. The van der Waals surface area contributed by atoms with Gasteiger partial charge in [0.1, 0.15) is 9.84 Å². The van der Waals surface area contributed by atoms with Gasteiger partial charge >= 0.3 is 5.97 Å². The van der Waals surface area contributed by atoms with Crippen LogP contribution in [0.25, 0.3) is 0 Å². The van der Waals surface area contributed by atoms with E-state index < -0.39 is 21.7 Å². The maximum Gasteiger partial charge on any atom is 0.331 e. The average molecular weight is 275 g/mol. The van der Waals surface area contributed by atoms with Gasteiger partial charge in [-0.15, -0.1) is 0 Å². The number of nitrogens with one attached hydrogen (secondary N) is 1. The summed E-state index contributed by atoms with van der Waals surface area (Å²) in [5.74, 6) is -1.44. The normalized spacial score (nSPS) is 21.0. The van der Waals surface area contributed by atoms with Gasteiger partial charge in [-0.2, -0.15) is 0 Å². The van der Waals surface area contributed by atoms with Gasteiger partial charge in [0, 0.05) is 17.2 Å². The summed E-state index contributed by atoms with van der Waals surface area (Å²) in [5, 5.41) is 11.4. The fourth-order valence-electron chi connectivity index (χ4n) is 1.66. The van der Waals surface area contributed by atoms with Crippen LogP contribution in [0.15, 0.2) is 11.1 Å². The lowest BCUT2D eigenvalue weighted by Crippen LogP contribution is -2.41. The smallest absolute Gasteiger partial charge is 0.331 e. The Hall–Kier alpha value is -1.37. The number of hydrogen-bond acceptors (Lipinski definition) is 4. The second-order valence-electron chi connectivity index (χ2n) is 4.45. The molecule has 0 aromatic rings. The van der Waals surface area contributed by atoms with Gasteiger partial charge in [-0.3, -0.25) is 4.79 Å². The van der Waals surface area contributed by atoms with E-state index in [0.717, 1.165) is 0 Å². The molecule has 0 unspecified atom stereocenters. The molecule has 0 aromatic heterocycles. The van der Waals surface area contributed by atoms with Gasteiger partial charge in [0.25, 0.3) is 0 Å². The summed E-state index contributed by atoms with van der Waals surface area (Å²) in [6.07, 6.45) is 0.765. The number of rotatable bonds is 3. The Morgan fingerprint density at radius 2 is 1.61 bits per heavy atom. The molecular weight excluding hydrogens is 258 g/mol. The molecule has 0 aromatic carbocycles. The number of amides is 1. The minimum absolute atomic E-state index is 0.00377. The highest BCUT2D eigenvalue weighted by atomic mass is 32.2. The van der Waals surface area contributed by atoms with Crippen molar-refractivity contribution in [2.45, 2.75) is 32.7 Å². The van der Waals surface area contributed by atoms with Gasteiger partial charge in [-0.25, -0.2) is 13.2 Å². The first-order chi connectivity index (χ1) is 8.23. The minimum atomic E-state index is -2.96. The molecule has 0 atom stereocenters. The molecule has 1 rings (SSSR count).